The summed E-state index contributed by atoms with van der Waals surface area (Å²) in [7, 11) is 2.07. The second kappa shape index (κ2) is 3.94. The summed E-state index contributed by atoms with van der Waals surface area (Å²) in [5, 5.41) is 7.35. The Labute approximate surface area is 102 Å². The number of aromatic nitrogens is 1. The first-order valence-corrected chi connectivity index (χ1v) is 4.99. The molecule has 0 aliphatic carbocycles. The van der Waals surface area contributed by atoms with Crippen LogP contribution in [0.5, 0.6) is 0 Å². The predicted octanol–water partition coefficient (Wildman–Crippen LogP) is 1.56. The number of amidine groups is 1. The summed E-state index contributed by atoms with van der Waals surface area (Å²) in [5.74, 6) is 0.0326. The smallest absolute Gasteiger partial charge is 0.141 e. The summed E-state index contributed by atoms with van der Waals surface area (Å²) in [5.41, 5.74) is 8.48. The highest BCUT2D eigenvalue weighted by atomic mass is 35.5. The molecule has 0 aromatic carbocycles. The van der Waals surface area contributed by atoms with Gasteiger partial charge in [-0.25, -0.2) is 0 Å². The van der Waals surface area contributed by atoms with Crippen molar-refractivity contribution in [1.82, 2.24) is 4.98 Å². The van der Waals surface area contributed by atoms with Gasteiger partial charge in [-0.1, -0.05) is 0 Å². The number of nitrogens with one attached hydrogen (secondary N) is 1. The molecule has 2 heterocycles. The monoisotopic (exact) mass is 240 g/mol. The second-order valence-electron chi connectivity index (χ2n) is 4.66. The lowest BCUT2D eigenvalue weighted by molar-refractivity contribution is 0.516. The number of hydrogen-bond acceptors (Lipinski definition) is 3. The zero-order valence-corrected chi connectivity index (χ0v) is 10.6. The van der Waals surface area contributed by atoms with Crippen molar-refractivity contribution >= 4 is 23.9 Å². The summed E-state index contributed by atoms with van der Waals surface area (Å²) in [6, 6.07) is 1.92. The van der Waals surface area contributed by atoms with Gasteiger partial charge in [-0.15, -0.1) is 12.4 Å². The van der Waals surface area contributed by atoms with Crippen LogP contribution >= 0.6 is 12.4 Å². The average Bonchev–Trinajstić information content (AvgIpc) is 2.37. The molecule has 1 aromatic rings. The minimum absolute atomic E-state index is 0. The number of nitrogens with two attached hydrogens (primary N) is 1. The highest BCUT2D eigenvalue weighted by molar-refractivity contribution is 5.93. The van der Waals surface area contributed by atoms with Gasteiger partial charge in [-0.3, -0.25) is 10.4 Å². The number of hydrogen-bond donors (Lipinski definition) is 2. The van der Waals surface area contributed by atoms with Crippen LogP contribution < -0.4 is 10.6 Å². The molecule has 0 fully saturated rings. The van der Waals surface area contributed by atoms with Gasteiger partial charge in [0.05, 0.1) is 11.9 Å². The van der Waals surface area contributed by atoms with Crippen molar-refractivity contribution in [2.24, 2.45) is 5.73 Å². The van der Waals surface area contributed by atoms with E-state index in [0.717, 1.165) is 12.1 Å². The Bertz CT molecular complexity index is 428. The summed E-state index contributed by atoms with van der Waals surface area (Å²) in [6.45, 7) is 4.39. The fourth-order valence-corrected chi connectivity index (χ4v) is 1.99. The molecular weight excluding hydrogens is 224 g/mol. The first kappa shape index (κ1) is 12.8. The Balaban J connectivity index is 0.00000128. The first-order valence-electron chi connectivity index (χ1n) is 4.99. The fourth-order valence-electron chi connectivity index (χ4n) is 1.99. The molecule has 1 aliphatic heterocycles. The number of pyridine rings is 1. The van der Waals surface area contributed by atoms with Gasteiger partial charge >= 0.3 is 0 Å². The molecule has 4 nitrogen and oxygen atoms in total. The predicted molar refractivity (Wildman–Crippen MR) is 68.7 cm³/mol. The van der Waals surface area contributed by atoms with Crippen LogP contribution in [0.15, 0.2) is 12.3 Å². The second-order valence-corrected chi connectivity index (χ2v) is 4.66. The molecule has 0 bridgehead atoms. The molecule has 0 saturated carbocycles. The van der Waals surface area contributed by atoms with E-state index in [1.54, 1.807) is 6.20 Å². The number of halogens is 1. The van der Waals surface area contributed by atoms with Crippen LogP contribution in [0.1, 0.15) is 25.1 Å². The minimum atomic E-state index is 0. The van der Waals surface area contributed by atoms with Gasteiger partial charge in [0.1, 0.15) is 11.5 Å². The Kier molecular flexibility index (Phi) is 3.15. The van der Waals surface area contributed by atoms with Gasteiger partial charge in [0, 0.05) is 12.6 Å². The molecule has 0 radical (unpaired) electrons. The molecule has 0 atom stereocenters. The van der Waals surface area contributed by atoms with Crippen LogP contribution in [0.3, 0.4) is 0 Å². The molecule has 5 heteroatoms. The van der Waals surface area contributed by atoms with Crippen molar-refractivity contribution in [2.75, 3.05) is 11.9 Å². The molecule has 0 saturated heterocycles. The third-order valence-electron chi connectivity index (χ3n) is 3.13. The van der Waals surface area contributed by atoms with Crippen LogP contribution in [-0.4, -0.2) is 23.4 Å². The summed E-state index contributed by atoms with van der Waals surface area (Å²) in [4.78, 5) is 6.40. The van der Waals surface area contributed by atoms with Gasteiger partial charge < -0.3 is 10.6 Å². The fraction of sp³-hybridized carbons (Fsp3) is 0.455. The molecule has 3 N–H and O–H groups in total. The van der Waals surface area contributed by atoms with Crippen molar-refractivity contribution < 1.29 is 0 Å². The summed E-state index contributed by atoms with van der Waals surface area (Å²) < 4.78 is 0. The third kappa shape index (κ3) is 1.85. The Morgan fingerprint density at radius 2 is 2.19 bits per heavy atom. The molecule has 2 rings (SSSR count). The average molecular weight is 241 g/mol. The maximum atomic E-state index is 7.35. The van der Waals surface area contributed by atoms with Crippen LogP contribution in [0.25, 0.3) is 0 Å². The highest BCUT2D eigenvalue weighted by Gasteiger charge is 2.33. The number of nitrogen functional groups attached to an aromatic ring is 1. The lowest BCUT2D eigenvalue weighted by Crippen LogP contribution is -2.37. The van der Waals surface area contributed by atoms with Crippen LogP contribution in [0, 0.1) is 5.41 Å². The van der Waals surface area contributed by atoms with E-state index in [1.165, 1.54) is 5.56 Å². The van der Waals surface area contributed by atoms with E-state index in [-0.39, 0.29) is 23.8 Å². The lowest BCUT2D eigenvalue weighted by atomic mass is 9.99. The summed E-state index contributed by atoms with van der Waals surface area (Å²) in [6.07, 6.45) is 2.78. The third-order valence-corrected chi connectivity index (χ3v) is 3.13. The standard InChI is InChI=1S/C11H16N4.ClH/c1-11(2)5-7-4-8(10(12)13)14-6-9(7)15(11)3;/h4,6H,5H2,1-3H3,(H3,12,13);1H. The van der Waals surface area contributed by atoms with Crippen molar-refractivity contribution in [3.63, 3.8) is 0 Å². The molecule has 88 valence electrons. The van der Waals surface area contributed by atoms with Gasteiger partial charge in [0.2, 0.25) is 0 Å². The van der Waals surface area contributed by atoms with Crippen LogP contribution in [-0.2, 0) is 6.42 Å². The van der Waals surface area contributed by atoms with E-state index in [9.17, 15) is 0 Å². The van der Waals surface area contributed by atoms with E-state index >= 15 is 0 Å². The number of rotatable bonds is 1. The Hall–Kier alpha value is -1.29. The van der Waals surface area contributed by atoms with E-state index < -0.39 is 0 Å². The molecular formula is C11H17ClN4. The van der Waals surface area contributed by atoms with Crippen molar-refractivity contribution in [1.29, 1.82) is 5.41 Å². The zero-order chi connectivity index (χ0) is 11.2. The summed E-state index contributed by atoms with van der Waals surface area (Å²) >= 11 is 0. The number of fused-ring (bicyclic) bond motifs is 1. The normalized spacial score (nSPS) is 16.6. The largest absolute Gasteiger partial charge is 0.382 e. The zero-order valence-electron chi connectivity index (χ0n) is 9.74. The minimum Gasteiger partial charge on any atom is -0.382 e. The molecule has 0 unspecified atom stereocenters. The maximum Gasteiger partial charge on any atom is 0.141 e. The van der Waals surface area contributed by atoms with Crippen molar-refractivity contribution in [3.05, 3.63) is 23.5 Å². The number of nitrogens with zero attached hydrogens (tertiary/aromatic N) is 2. The molecule has 1 aliphatic rings. The van der Waals surface area contributed by atoms with Gasteiger partial charge in [0.25, 0.3) is 0 Å². The molecule has 0 amide bonds. The quantitative estimate of drug-likeness (QED) is 0.578. The van der Waals surface area contributed by atoms with E-state index in [4.69, 9.17) is 11.1 Å². The Morgan fingerprint density at radius 1 is 1.56 bits per heavy atom. The van der Waals surface area contributed by atoms with E-state index in [1.807, 2.05) is 6.07 Å². The van der Waals surface area contributed by atoms with Gasteiger partial charge in [-0.05, 0) is 31.9 Å². The van der Waals surface area contributed by atoms with Gasteiger partial charge in [0.15, 0.2) is 0 Å². The maximum absolute atomic E-state index is 7.35. The highest BCUT2D eigenvalue weighted by Crippen LogP contribution is 2.36. The topological polar surface area (TPSA) is 66.0 Å². The van der Waals surface area contributed by atoms with Crippen molar-refractivity contribution in [3.8, 4) is 0 Å². The van der Waals surface area contributed by atoms with Gasteiger partial charge in [-0.2, -0.15) is 0 Å². The first-order chi connectivity index (χ1) is 6.92. The Morgan fingerprint density at radius 3 is 2.75 bits per heavy atom. The lowest BCUT2D eigenvalue weighted by Gasteiger charge is -2.29. The number of likely N-dealkylation sites (N-methyl/N-ethyl adjacent to an activating group) is 1. The van der Waals surface area contributed by atoms with Crippen LogP contribution in [0.2, 0.25) is 0 Å². The number of anilines is 1. The van der Waals surface area contributed by atoms with Crippen molar-refractivity contribution in [2.45, 2.75) is 25.8 Å². The van der Waals surface area contributed by atoms with E-state index in [0.29, 0.717) is 5.69 Å². The molecule has 0 spiro atoms. The molecule has 16 heavy (non-hydrogen) atoms. The van der Waals surface area contributed by atoms with Crippen LogP contribution in [0.4, 0.5) is 5.69 Å². The van der Waals surface area contributed by atoms with E-state index in [2.05, 4.69) is 30.8 Å². The SMILES string of the molecule is CN1c2cnc(C(=N)N)cc2CC1(C)C.Cl. The molecule has 1 aromatic heterocycles.